The number of halogens is 3. The van der Waals surface area contributed by atoms with Crippen molar-refractivity contribution in [3.8, 4) is 0 Å². The molecule has 0 unspecified atom stereocenters. The minimum Gasteiger partial charge on any atom is -0.324 e. The Kier molecular flexibility index (Phi) is 5.58. The molecule has 0 aliphatic heterocycles. The molecule has 0 saturated carbocycles. The second-order valence-electron chi connectivity index (χ2n) is 4.55. The van der Waals surface area contributed by atoms with Crippen LogP contribution in [-0.4, -0.2) is 24.4 Å². The van der Waals surface area contributed by atoms with Crippen molar-refractivity contribution in [1.29, 1.82) is 0 Å². The van der Waals surface area contributed by atoms with Crippen molar-refractivity contribution in [1.82, 2.24) is 4.90 Å². The summed E-state index contributed by atoms with van der Waals surface area (Å²) in [7, 11) is 1.83. The summed E-state index contributed by atoms with van der Waals surface area (Å²) in [4.78, 5) is 14.9. The molecule has 0 aliphatic carbocycles. The highest BCUT2D eigenvalue weighted by molar-refractivity contribution is 7.16. The standard InChI is InChI=1S/C14H13Cl2FN2OS/c1-19(7-10-3-5-13(16)21-10)8-14(20)18-12-4-2-9(17)6-11(12)15/h2-6H,7-8H2,1H3,(H,18,20). The van der Waals surface area contributed by atoms with Crippen LogP contribution in [0.15, 0.2) is 30.3 Å². The number of likely N-dealkylation sites (N-methyl/N-ethyl adjacent to an activating group) is 1. The van der Waals surface area contributed by atoms with E-state index in [9.17, 15) is 9.18 Å². The molecule has 0 saturated heterocycles. The van der Waals surface area contributed by atoms with Gasteiger partial charge in [-0.2, -0.15) is 0 Å². The lowest BCUT2D eigenvalue weighted by Crippen LogP contribution is -2.29. The Morgan fingerprint density at radius 3 is 2.71 bits per heavy atom. The van der Waals surface area contributed by atoms with Gasteiger partial charge < -0.3 is 5.32 Å². The van der Waals surface area contributed by atoms with Crippen LogP contribution in [0.25, 0.3) is 0 Å². The minimum atomic E-state index is -0.440. The molecule has 0 spiro atoms. The van der Waals surface area contributed by atoms with Crippen LogP contribution in [0.5, 0.6) is 0 Å². The molecular weight excluding hydrogens is 334 g/mol. The van der Waals surface area contributed by atoms with Gasteiger partial charge in [0.2, 0.25) is 5.91 Å². The zero-order chi connectivity index (χ0) is 15.4. The monoisotopic (exact) mass is 346 g/mol. The maximum absolute atomic E-state index is 12.9. The molecule has 0 bridgehead atoms. The van der Waals surface area contributed by atoms with Gasteiger partial charge in [-0.1, -0.05) is 23.2 Å². The van der Waals surface area contributed by atoms with Gasteiger partial charge >= 0.3 is 0 Å². The predicted molar refractivity (Wildman–Crippen MR) is 85.7 cm³/mol. The summed E-state index contributed by atoms with van der Waals surface area (Å²) in [5.41, 5.74) is 0.399. The number of hydrogen-bond acceptors (Lipinski definition) is 3. The van der Waals surface area contributed by atoms with Crippen molar-refractivity contribution in [3.63, 3.8) is 0 Å². The quantitative estimate of drug-likeness (QED) is 0.876. The van der Waals surface area contributed by atoms with E-state index < -0.39 is 5.82 Å². The summed E-state index contributed by atoms with van der Waals surface area (Å²) in [5.74, 6) is -0.654. The second-order valence-corrected chi connectivity index (χ2v) is 6.76. The van der Waals surface area contributed by atoms with Crippen LogP contribution in [0, 0.1) is 5.82 Å². The first-order chi connectivity index (χ1) is 9.94. The summed E-state index contributed by atoms with van der Waals surface area (Å²) in [5, 5.41) is 2.83. The molecule has 1 aromatic carbocycles. The molecule has 2 aromatic rings. The fourth-order valence-electron chi connectivity index (χ4n) is 1.78. The number of carbonyl (C=O) groups is 1. The maximum atomic E-state index is 12.9. The highest BCUT2D eigenvalue weighted by Gasteiger charge is 2.10. The molecule has 1 N–H and O–H groups in total. The van der Waals surface area contributed by atoms with Crippen molar-refractivity contribution in [3.05, 3.63) is 50.4 Å². The molecule has 7 heteroatoms. The third-order valence-corrected chi connectivity index (χ3v) is 4.20. The van der Waals surface area contributed by atoms with E-state index in [0.717, 1.165) is 15.3 Å². The molecule has 1 amide bonds. The summed E-state index contributed by atoms with van der Waals surface area (Å²) in [6.07, 6.45) is 0. The molecule has 1 heterocycles. The number of nitrogens with zero attached hydrogens (tertiary/aromatic N) is 1. The first kappa shape index (κ1) is 16.2. The minimum absolute atomic E-state index is 0.177. The zero-order valence-corrected chi connectivity index (χ0v) is 13.5. The molecule has 21 heavy (non-hydrogen) atoms. The molecule has 2 rings (SSSR count). The number of amides is 1. The zero-order valence-electron chi connectivity index (χ0n) is 11.2. The van der Waals surface area contributed by atoms with Crippen molar-refractivity contribution < 1.29 is 9.18 Å². The van der Waals surface area contributed by atoms with E-state index in [1.807, 2.05) is 24.1 Å². The van der Waals surface area contributed by atoms with E-state index in [2.05, 4.69) is 5.32 Å². The van der Waals surface area contributed by atoms with E-state index in [1.54, 1.807) is 0 Å². The average molecular weight is 347 g/mol. The molecule has 0 atom stereocenters. The Bertz CT molecular complexity index is 648. The number of thiophene rings is 1. The predicted octanol–water partition coefficient (Wildman–Crippen LogP) is 4.26. The Labute approximate surface area is 136 Å². The van der Waals surface area contributed by atoms with Crippen LogP contribution in [0.4, 0.5) is 10.1 Å². The number of nitrogens with one attached hydrogen (secondary N) is 1. The topological polar surface area (TPSA) is 32.3 Å². The lowest BCUT2D eigenvalue weighted by atomic mass is 10.3. The SMILES string of the molecule is CN(CC(=O)Nc1ccc(F)cc1Cl)Cc1ccc(Cl)s1. The van der Waals surface area contributed by atoms with Crippen LogP contribution in [-0.2, 0) is 11.3 Å². The van der Waals surface area contributed by atoms with Gasteiger partial charge in [0.1, 0.15) is 5.82 Å². The van der Waals surface area contributed by atoms with Crippen molar-refractivity contribution in [2.75, 3.05) is 18.9 Å². The van der Waals surface area contributed by atoms with E-state index in [-0.39, 0.29) is 17.5 Å². The van der Waals surface area contributed by atoms with Gasteiger partial charge in [-0.25, -0.2) is 4.39 Å². The van der Waals surface area contributed by atoms with Gasteiger partial charge in [-0.15, -0.1) is 11.3 Å². The van der Waals surface area contributed by atoms with Gasteiger partial charge in [0.15, 0.2) is 0 Å². The van der Waals surface area contributed by atoms with E-state index in [4.69, 9.17) is 23.2 Å². The van der Waals surface area contributed by atoms with Gasteiger partial charge in [0.25, 0.3) is 0 Å². The lowest BCUT2D eigenvalue weighted by Gasteiger charge is -2.15. The summed E-state index contributed by atoms with van der Waals surface area (Å²) < 4.78 is 13.6. The maximum Gasteiger partial charge on any atom is 0.238 e. The Hall–Kier alpha value is -1.14. The molecule has 112 valence electrons. The Morgan fingerprint density at radius 2 is 2.10 bits per heavy atom. The first-order valence-corrected chi connectivity index (χ1v) is 7.69. The number of rotatable bonds is 5. The van der Waals surface area contributed by atoms with Gasteiger partial charge in [0, 0.05) is 11.4 Å². The van der Waals surface area contributed by atoms with E-state index >= 15 is 0 Å². The Morgan fingerprint density at radius 1 is 1.33 bits per heavy atom. The third-order valence-electron chi connectivity index (χ3n) is 2.67. The van der Waals surface area contributed by atoms with E-state index in [1.165, 1.54) is 23.5 Å². The Balaban J connectivity index is 1.89. The molecular formula is C14H13Cl2FN2OS. The fourth-order valence-corrected chi connectivity index (χ4v) is 3.17. The second kappa shape index (κ2) is 7.22. The third kappa shape index (κ3) is 4.97. The van der Waals surface area contributed by atoms with Crippen LogP contribution >= 0.6 is 34.5 Å². The lowest BCUT2D eigenvalue weighted by molar-refractivity contribution is -0.117. The number of anilines is 1. The van der Waals surface area contributed by atoms with Gasteiger partial charge in [-0.3, -0.25) is 9.69 Å². The van der Waals surface area contributed by atoms with E-state index in [0.29, 0.717) is 12.2 Å². The molecule has 0 radical (unpaired) electrons. The largest absolute Gasteiger partial charge is 0.324 e. The number of benzene rings is 1. The average Bonchev–Trinajstić information content (AvgIpc) is 2.78. The van der Waals surface area contributed by atoms with Crippen LogP contribution < -0.4 is 5.32 Å². The van der Waals surface area contributed by atoms with Crippen molar-refractivity contribution in [2.24, 2.45) is 0 Å². The van der Waals surface area contributed by atoms with Gasteiger partial charge in [-0.05, 0) is 37.4 Å². The highest BCUT2D eigenvalue weighted by Crippen LogP contribution is 2.23. The van der Waals surface area contributed by atoms with Gasteiger partial charge in [0.05, 0.1) is 21.6 Å². The smallest absolute Gasteiger partial charge is 0.238 e. The summed E-state index contributed by atoms with van der Waals surface area (Å²) in [6.45, 7) is 0.825. The van der Waals surface area contributed by atoms with Crippen LogP contribution in [0.3, 0.4) is 0 Å². The first-order valence-electron chi connectivity index (χ1n) is 6.11. The normalized spacial score (nSPS) is 10.9. The fraction of sp³-hybridized carbons (Fsp3) is 0.214. The number of carbonyl (C=O) groups excluding carboxylic acids is 1. The molecule has 0 fully saturated rings. The summed E-state index contributed by atoms with van der Waals surface area (Å²) >= 11 is 13.2. The van der Waals surface area contributed by atoms with Crippen molar-refractivity contribution >= 4 is 46.1 Å². The molecule has 3 nitrogen and oxygen atoms in total. The van der Waals surface area contributed by atoms with Crippen molar-refractivity contribution in [2.45, 2.75) is 6.54 Å². The molecule has 0 aliphatic rings. The number of hydrogen-bond donors (Lipinski definition) is 1. The highest BCUT2D eigenvalue weighted by atomic mass is 35.5. The summed E-state index contributed by atoms with van der Waals surface area (Å²) in [6, 6.07) is 7.61. The molecule has 1 aromatic heterocycles. The van der Waals surface area contributed by atoms with Crippen LogP contribution in [0.1, 0.15) is 4.88 Å². The van der Waals surface area contributed by atoms with Crippen LogP contribution in [0.2, 0.25) is 9.36 Å².